The summed E-state index contributed by atoms with van der Waals surface area (Å²) in [7, 11) is 0. The van der Waals surface area contributed by atoms with Gasteiger partial charge in [0.1, 0.15) is 0 Å². The molecule has 0 aromatic rings. The number of thioether (sulfide) groups is 2. The molecule has 0 spiro atoms. The van der Waals surface area contributed by atoms with Gasteiger partial charge in [-0.25, -0.2) is 0 Å². The average Bonchev–Trinajstić information content (AvgIpc) is 3.05. The van der Waals surface area contributed by atoms with Crippen molar-refractivity contribution in [3.63, 3.8) is 0 Å². The molecule has 2 unspecified atom stereocenters. The van der Waals surface area contributed by atoms with E-state index in [2.05, 4.69) is 11.6 Å². The number of hydrogen-bond donors (Lipinski definition) is 1. The smallest absolute Gasteiger partial charge is 0.156 e. The normalized spacial score (nSPS) is 36.6. The highest BCUT2D eigenvalue weighted by Crippen LogP contribution is 2.41. The maximum absolute atomic E-state index is 4.92. The van der Waals surface area contributed by atoms with Crippen molar-refractivity contribution in [1.82, 2.24) is 5.32 Å². The van der Waals surface area contributed by atoms with Crippen LogP contribution in [0.3, 0.4) is 0 Å². The van der Waals surface area contributed by atoms with E-state index in [-0.39, 0.29) is 0 Å². The van der Waals surface area contributed by atoms with Crippen LogP contribution in [0.1, 0.15) is 44.9 Å². The van der Waals surface area contributed by atoms with Gasteiger partial charge in [0.05, 0.1) is 6.54 Å². The fourth-order valence-electron chi connectivity index (χ4n) is 3.57. The van der Waals surface area contributed by atoms with Gasteiger partial charge < -0.3 is 5.32 Å². The van der Waals surface area contributed by atoms with E-state index in [4.69, 9.17) is 4.99 Å². The monoisotopic (exact) mass is 284 g/mol. The first-order valence-electron chi connectivity index (χ1n) is 7.30. The Morgan fingerprint density at radius 3 is 2.94 bits per heavy atom. The second-order valence-electron chi connectivity index (χ2n) is 5.97. The number of fused-ring (bicyclic) bond motifs is 1. The van der Waals surface area contributed by atoms with Crippen molar-refractivity contribution in [2.24, 2.45) is 10.9 Å². The predicted octanol–water partition coefficient (Wildman–Crippen LogP) is 3.52. The van der Waals surface area contributed by atoms with Crippen molar-refractivity contribution in [2.75, 3.05) is 18.6 Å². The van der Waals surface area contributed by atoms with Gasteiger partial charge in [0.15, 0.2) is 5.17 Å². The standard InChI is InChI=1S/C14H24N2S2/c1-17-14(7-2-3-8-14)10-15-13-16-12-6-4-5-11(12)9-18-13/h11-12H,2-10H2,1H3,(H,15,16). The topological polar surface area (TPSA) is 24.4 Å². The summed E-state index contributed by atoms with van der Waals surface area (Å²) in [6.45, 7) is 1.03. The summed E-state index contributed by atoms with van der Waals surface area (Å²) >= 11 is 4.01. The van der Waals surface area contributed by atoms with E-state index in [1.54, 1.807) is 0 Å². The minimum Gasteiger partial charge on any atom is -0.362 e. The van der Waals surface area contributed by atoms with Crippen LogP contribution in [0, 0.1) is 5.92 Å². The number of nitrogens with zero attached hydrogens (tertiary/aromatic N) is 1. The van der Waals surface area contributed by atoms with Gasteiger partial charge in [-0.3, -0.25) is 4.99 Å². The van der Waals surface area contributed by atoms with Gasteiger partial charge in [-0.15, -0.1) is 0 Å². The lowest BCUT2D eigenvalue weighted by Gasteiger charge is -2.30. The van der Waals surface area contributed by atoms with Crippen molar-refractivity contribution >= 4 is 28.7 Å². The van der Waals surface area contributed by atoms with Gasteiger partial charge in [0, 0.05) is 16.5 Å². The third kappa shape index (κ3) is 2.69. The average molecular weight is 284 g/mol. The van der Waals surface area contributed by atoms with Gasteiger partial charge in [-0.1, -0.05) is 31.0 Å². The van der Waals surface area contributed by atoms with Gasteiger partial charge in [0.2, 0.25) is 0 Å². The molecule has 1 saturated heterocycles. The first-order chi connectivity index (χ1) is 8.81. The Morgan fingerprint density at radius 1 is 1.33 bits per heavy atom. The molecular formula is C14H24N2S2. The molecule has 3 fully saturated rings. The zero-order valence-electron chi connectivity index (χ0n) is 11.3. The van der Waals surface area contributed by atoms with E-state index >= 15 is 0 Å². The van der Waals surface area contributed by atoms with E-state index in [9.17, 15) is 0 Å². The summed E-state index contributed by atoms with van der Waals surface area (Å²) in [5.41, 5.74) is 0. The summed E-state index contributed by atoms with van der Waals surface area (Å²) < 4.78 is 0.460. The summed E-state index contributed by atoms with van der Waals surface area (Å²) in [6, 6.07) is 0.735. The lowest BCUT2D eigenvalue weighted by atomic mass is 10.1. The highest BCUT2D eigenvalue weighted by Gasteiger charge is 2.35. The Hall–Kier alpha value is 0.170. The van der Waals surface area contributed by atoms with Gasteiger partial charge in [-0.2, -0.15) is 11.8 Å². The Morgan fingerprint density at radius 2 is 2.17 bits per heavy atom. The molecule has 0 bridgehead atoms. The van der Waals surface area contributed by atoms with Crippen LogP contribution in [0.15, 0.2) is 4.99 Å². The van der Waals surface area contributed by atoms with Crippen LogP contribution in [0.2, 0.25) is 0 Å². The number of amidine groups is 1. The van der Waals surface area contributed by atoms with E-state index in [1.165, 1.54) is 55.9 Å². The Balaban J connectivity index is 1.59. The molecular weight excluding hydrogens is 260 g/mol. The molecule has 2 aliphatic carbocycles. The fraction of sp³-hybridized carbons (Fsp3) is 0.929. The molecule has 3 aliphatic rings. The zero-order valence-corrected chi connectivity index (χ0v) is 12.9. The summed E-state index contributed by atoms with van der Waals surface area (Å²) in [4.78, 5) is 4.92. The lowest BCUT2D eigenvalue weighted by Crippen LogP contribution is -2.42. The first kappa shape index (κ1) is 13.2. The number of nitrogens with one attached hydrogen (secondary N) is 1. The molecule has 0 radical (unpaired) electrons. The molecule has 18 heavy (non-hydrogen) atoms. The highest BCUT2D eigenvalue weighted by atomic mass is 32.2. The molecule has 2 nitrogen and oxygen atoms in total. The Kier molecular flexibility index (Phi) is 4.14. The highest BCUT2D eigenvalue weighted by molar-refractivity contribution is 8.13. The van der Waals surface area contributed by atoms with Gasteiger partial charge in [0.25, 0.3) is 0 Å². The third-order valence-corrected chi connectivity index (χ3v) is 7.38. The van der Waals surface area contributed by atoms with Crippen LogP contribution in [-0.2, 0) is 0 Å². The molecule has 1 aliphatic heterocycles. The third-order valence-electron chi connectivity index (χ3n) is 4.86. The predicted molar refractivity (Wildman–Crippen MR) is 83.7 cm³/mol. The molecule has 1 N–H and O–H groups in total. The SMILES string of the molecule is CSC1(CN=C2NC3CCCC3CS2)CCCC1. The minimum absolute atomic E-state index is 0.460. The van der Waals surface area contributed by atoms with Crippen LogP contribution in [-0.4, -0.2) is 34.5 Å². The quantitative estimate of drug-likeness (QED) is 0.858. The van der Waals surface area contributed by atoms with Crippen LogP contribution < -0.4 is 5.32 Å². The summed E-state index contributed by atoms with van der Waals surface area (Å²) in [5, 5.41) is 4.92. The molecule has 3 rings (SSSR count). The maximum atomic E-state index is 4.92. The lowest BCUT2D eigenvalue weighted by molar-refractivity contribution is 0.489. The van der Waals surface area contributed by atoms with Crippen LogP contribution >= 0.6 is 23.5 Å². The van der Waals surface area contributed by atoms with Crippen molar-refractivity contribution in [1.29, 1.82) is 0 Å². The molecule has 0 amide bonds. The zero-order chi connectivity index (χ0) is 12.4. The maximum Gasteiger partial charge on any atom is 0.156 e. The second kappa shape index (κ2) is 5.66. The summed E-state index contributed by atoms with van der Waals surface area (Å²) in [6.07, 6.45) is 12.0. The van der Waals surface area contributed by atoms with Gasteiger partial charge in [-0.05, 0) is 37.9 Å². The van der Waals surface area contributed by atoms with Crippen molar-refractivity contribution in [2.45, 2.75) is 55.7 Å². The number of hydrogen-bond acceptors (Lipinski definition) is 3. The molecule has 2 saturated carbocycles. The van der Waals surface area contributed by atoms with Crippen LogP contribution in [0.4, 0.5) is 0 Å². The molecule has 0 aromatic carbocycles. The number of rotatable bonds is 3. The Labute approximate surface area is 119 Å². The van der Waals surface area contributed by atoms with Crippen molar-refractivity contribution < 1.29 is 0 Å². The van der Waals surface area contributed by atoms with E-state index in [1.807, 2.05) is 23.5 Å². The Bertz CT molecular complexity index is 324. The molecule has 102 valence electrons. The second-order valence-corrected chi connectivity index (χ2v) is 8.25. The summed E-state index contributed by atoms with van der Waals surface area (Å²) in [5.74, 6) is 2.21. The minimum atomic E-state index is 0.460. The first-order valence-corrected chi connectivity index (χ1v) is 9.51. The van der Waals surface area contributed by atoms with E-state index < -0.39 is 0 Å². The molecule has 1 heterocycles. The van der Waals surface area contributed by atoms with Crippen molar-refractivity contribution in [3.8, 4) is 0 Å². The number of aliphatic imine (C=N–C) groups is 1. The largest absolute Gasteiger partial charge is 0.362 e. The van der Waals surface area contributed by atoms with Crippen molar-refractivity contribution in [3.05, 3.63) is 0 Å². The fourth-order valence-corrected chi connectivity index (χ4v) is 5.62. The van der Waals surface area contributed by atoms with Crippen LogP contribution in [0.5, 0.6) is 0 Å². The molecule has 4 heteroatoms. The molecule has 2 atom stereocenters. The van der Waals surface area contributed by atoms with E-state index in [0.29, 0.717) is 4.75 Å². The van der Waals surface area contributed by atoms with Gasteiger partial charge >= 0.3 is 0 Å². The van der Waals surface area contributed by atoms with E-state index in [0.717, 1.165) is 18.5 Å². The molecule has 0 aromatic heterocycles. The van der Waals surface area contributed by atoms with Crippen LogP contribution in [0.25, 0.3) is 0 Å².